The second kappa shape index (κ2) is 18.6. The third-order valence-corrected chi connectivity index (χ3v) is 10.7. The Kier molecular flexibility index (Phi) is 18.3. The summed E-state index contributed by atoms with van der Waals surface area (Å²) in [6.07, 6.45) is 4.43. The van der Waals surface area contributed by atoms with Gasteiger partial charge in [0, 0.05) is 48.6 Å². The molecule has 259 valence electrons. The molecule has 0 bridgehead atoms. The fourth-order valence-corrected chi connectivity index (χ4v) is 6.43. The Balaban J connectivity index is 0. The minimum Gasteiger partial charge on any atom is -0.550 e. The molecule has 2 aromatic rings. The number of phenols is 2. The molecule has 0 aliphatic rings. The van der Waals surface area contributed by atoms with Crippen LogP contribution in [0.25, 0.3) is 0 Å². The summed E-state index contributed by atoms with van der Waals surface area (Å²) in [4.78, 5) is 27.0. The number of benzene rings is 2. The molecule has 0 spiro atoms. The number of hydrogen-bond donors (Lipinski definition) is 2. The zero-order valence-corrected chi connectivity index (χ0v) is 33.4. The number of aliphatic imine (C=N–C) groups is 2. The van der Waals surface area contributed by atoms with Gasteiger partial charge in [-0.25, -0.2) is 0 Å². The molecule has 0 aliphatic heterocycles. The molecule has 2 aromatic carbocycles. The standard InChI is InChI=1S/C31H50N2O2Si2.2C2H4O2.Co/c1-30(2,3)26-18-24(36(7,8)9)16-22(28(26)34)20-32-14-13-15-33-21-23-17-25(37(10,11)12)19-27(29(23)35)31(4,5)6;2*1-2(3)4;/h16-21,34-35H,13-15H2,1-12H3;2*1H3,(H,3,4);/q;;;+2/p-2. The number of carboxylic acid groups (broad SMARTS) is 2. The molecular weight excluding hydrogens is 659 g/mol. The Hall–Kier alpha value is -2.74. The van der Waals surface area contributed by atoms with Crippen LogP contribution in [0.15, 0.2) is 34.3 Å². The summed E-state index contributed by atoms with van der Waals surface area (Å²) in [7, 11) is -3.08. The van der Waals surface area contributed by atoms with E-state index in [0.29, 0.717) is 24.6 Å². The van der Waals surface area contributed by atoms with E-state index in [0.717, 1.165) is 42.5 Å². The summed E-state index contributed by atoms with van der Waals surface area (Å²) < 4.78 is 0. The van der Waals surface area contributed by atoms with Crippen molar-refractivity contribution in [1.29, 1.82) is 0 Å². The van der Waals surface area contributed by atoms with Crippen LogP contribution in [0.3, 0.4) is 0 Å². The molecule has 0 fully saturated rings. The van der Waals surface area contributed by atoms with E-state index >= 15 is 0 Å². The Morgan fingerprint density at radius 2 is 0.935 bits per heavy atom. The van der Waals surface area contributed by atoms with Crippen molar-refractivity contribution in [2.45, 2.75) is 112 Å². The number of rotatable bonds is 8. The van der Waals surface area contributed by atoms with Crippen LogP contribution in [0.5, 0.6) is 11.5 Å². The third-order valence-electron chi connectivity index (χ3n) is 6.66. The maximum Gasteiger partial charge on any atom is 2.00 e. The summed E-state index contributed by atoms with van der Waals surface area (Å²) in [5.74, 6) is -1.49. The second-order valence-electron chi connectivity index (χ2n) is 15.3. The van der Waals surface area contributed by atoms with Crippen molar-refractivity contribution in [1.82, 2.24) is 0 Å². The van der Waals surface area contributed by atoms with Crippen LogP contribution in [0.1, 0.15) is 84.1 Å². The van der Waals surface area contributed by atoms with Gasteiger partial charge in [0.2, 0.25) is 0 Å². The maximum absolute atomic E-state index is 10.9. The average molecular weight is 716 g/mol. The van der Waals surface area contributed by atoms with E-state index in [-0.39, 0.29) is 27.6 Å². The van der Waals surface area contributed by atoms with Crippen molar-refractivity contribution in [3.8, 4) is 11.5 Å². The van der Waals surface area contributed by atoms with Crippen molar-refractivity contribution in [2.24, 2.45) is 9.98 Å². The van der Waals surface area contributed by atoms with Gasteiger partial charge in [0.25, 0.3) is 0 Å². The van der Waals surface area contributed by atoms with Gasteiger partial charge in [0.15, 0.2) is 0 Å². The van der Waals surface area contributed by atoms with E-state index in [1.807, 2.05) is 12.4 Å². The number of carboxylic acids is 2. The third kappa shape index (κ3) is 16.7. The first kappa shape index (κ1) is 45.4. The van der Waals surface area contributed by atoms with Crippen LogP contribution in [0.4, 0.5) is 0 Å². The Morgan fingerprint density at radius 1 is 0.674 bits per heavy atom. The monoisotopic (exact) mass is 715 g/mol. The second-order valence-corrected chi connectivity index (χ2v) is 25.5. The van der Waals surface area contributed by atoms with Gasteiger partial charge in [0.1, 0.15) is 11.5 Å². The van der Waals surface area contributed by atoms with Crippen molar-refractivity contribution in [3.05, 3.63) is 46.5 Å². The van der Waals surface area contributed by atoms with Crippen LogP contribution < -0.4 is 20.6 Å². The first-order valence-electron chi connectivity index (χ1n) is 15.3. The molecule has 0 aliphatic carbocycles. The quantitative estimate of drug-likeness (QED) is 0.238. The predicted molar refractivity (Wildman–Crippen MR) is 190 cm³/mol. The minimum atomic E-state index is -1.54. The Labute approximate surface area is 289 Å². The molecular formula is C35H56CoN2O6Si2. The van der Waals surface area contributed by atoms with Crippen LogP contribution >= 0.6 is 0 Å². The van der Waals surface area contributed by atoms with Gasteiger partial charge in [-0.2, -0.15) is 0 Å². The number of aromatic hydroxyl groups is 2. The molecule has 0 atom stereocenters. The molecule has 0 unspecified atom stereocenters. The molecule has 0 amide bonds. The molecule has 2 rings (SSSR count). The van der Waals surface area contributed by atoms with E-state index in [1.54, 1.807) is 0 Å². The molecule has 8 nitrogen and oxygen atoms in total. The largest absolute Gasteiger partial charge is 2.00 e. The predicted octanol–water partition coefficient (Wildman–Crippen LogP) is 4.22. The summed E-state index contributed by atoms with van der Waals surface area (Å²) in [6, 6.07) is 8.59. The van der Waals surface area contributed by atoms with Crippen molar-refractivity contribution < 1.29 is 46.8 Å². The zero-order valence-electron chi connectivity index (χ0n) is 30.3. The van der Waals surface area contributed by atoms with Crippen LogP contribution in [0.2, 0.25) is 39.3 Å². The average Bonchev–Trinajstić information content (AvgIpc) is 2.81. The summed E-state index contributed by atoms with van der Waals surface area (Å²) in [5, 5.41) is 42.3. The van der Waals surface area contributed by atoms with Gasteiger partial charge in [-0.1, -0.05) is 115 Å². The van der Waals surface area contributed by atoms with Gasteiger partial charge in [-0.05, 0) is 42.2 Å². The normalized spacial score (nSPS) is 12.1. The van der Waals surface area contributed by atoms with Gasteiger partial charge in [-0.3, -0.25) is 9.98 Å². The first-order valence-corrected chi connectivity index (χ1v) is 22.3. The molecule has 0 saturated heterocycles. The van der Waals surface area contributed by atoms with E-state index in [2.05, 4.69) is 115 Å². The van der Waals surface area contributed by atoms with E-state index in [4.69, 9.17) is 19.8 Å². The molecule has 0 aromatic heterocycles. The molecule has 1 radical (unpaired) electrons. The van der Waals surface area contributed by atoms with E-state index in [1.165, 1.54) is 10.4 Å². The first-order chi connectivity index (χ1) is 20.2. The van der Waals surface area contributed by atoms with E-state index < -0.39 is 28.1 Å². The van der Waals surface area contributed by atoms with Gasteiger partial charge < -0.3 is 30.0 Å². The summed E-state index contributed by atoms with van der Waals surface area (Å²) in [5.41, 5.74) is 3.29. The van der Waals surface area contributed by atoms with E-state index in [9.17, 15) is 10.2 Å². The maximum atomic E-state index is 10.9. The molecule has 11 heteroatoms. The van der Waals surface area contributed by atoms with Crippen molar-refractivity contribution in [3.63, 3.8) is 0 Å². The smallest absolute Gasteiger partial charge is 0.550 e. The Bertz CT molecular complexity index is 1250. The summed E-state index contributed by atoms with van der Waals surface area (Å²) in [6.45, 7) is 30.0. The zero-order chi connectivity index (χ0) is 35.6. The topological polar surface area (TPSA) is 145 Å². The molecule has 0 saturated carbocycles. The van der Waals surface area contributed by atoms with Gasteiger partial charge >= 0.3 is 16.8 Å². The number of carbonyl (C=O) groups excluding carboxylic acids is 2. The molecule has 2 N–H and O–H groups in total. The number of aliphatic carboxylic acids is 2. The number of phenolic OH excluding ortho intramolecular Hbond substituents is 2. The number of carbonyl (C=O) groups is 2. The number of nitrogens with zero attached hydrogens (tertiary/aromatic N) is 2. The number of hydrogen-bond acceptors (Lipinski definition) is 8. The van der Waals surface area contributed by atoms with Crippen molar-refractivity contribution >= 4 is 50.9 Å². The van der Waals surface area contributed by atoms with Gasteiger partial charge in [-0.15, -0.1) is 0 Å². The van der Waals surface area contributed by atoms with Crippen molar-refractivity contribution in [2.75, 3.05) is 13.1 Å². The van der Waals surface area contributed by atoms with Crippen LogP contribution in [-0.4, -0.2) is 63.8 Å². The fraction of sp³-hybridized carbons (Fsp3) is 0.543. The Morgan fingerprint density at radius 3 is 1.15 bits per heavy atom. The summed E-state index contributed by atoms with van der Waals surface area (Å²) >= 11 is 0. The van der Waals surface area contributed by atoms with Crippen LogP contribution in [-0.2, 0) is 37.2 Å². The minimum absolute atomic E-state index is 0. The van der Waals surface area contributed by atoms with Crippen LogP contribution in [0, 0.1) is 0 Å². The molecule has 0 heterocycles. The molecule has 46 heavy (non-hydrogen) atoms. The SMILES string of the molecule is CC(=O)[O-].CC(=O)[O-].CC(C)(C)c1cc([Si](C)(C)C)cc(C=NCCCN=Cc2cc([Si](C)(C)C)cc(C(C)(C)C)c2O)c1O.[Co+2]. The fourth-order valence-electron chi connectivity index (χ4n) is 4.10. The van der Waals surface area contributed by atoms with Gasteiger partial charge in [0.05, 0.1) is 16.1 Å².